The van der Waals surface area contributed by atoms with E-state index < -0.39 is 0 Å². The fraction of sp³-hybridized carbons (Fsp3) is 0.133. The van der Waals surface area contributed by atoms with Gasteiger partial charge in [-0.25, -0.2) is 0 Å². The summed E-state index contributed by atoms with van der Waals surface area (Å²) in [5, 5.41) is 0. The van der Waals surface area contributed by atoms with Gasteiger partial charge in [-0.15, -0.1) is 0 Å². The molecule has 0 spiro atoms. The number of hydrogen-bond acceptors (Lipinski definition) is 2. The van der Waals surface area contributed by atoms with Crippen molar-refractivity contribution in [1.29, 1.82) is 0 Å². The zero-order valence-electron chi connectivity index (χ0n) is 9.94. The Morgan fingerprint density at radius 2 is 1.71 bits per heavy atom. The highest BCUT2D eigenvalue weighted by Crippen LogP contribution is 2.30. The van der Waals surface area contributed by atoms with E-state index in [1.807, 2.05) is 25.1 Å². The van der Waals surface area contributed by atoms with Crippen LogP contribution in [0.1, 0.15) is 21.5 Å². The van der Waals surface area contributed by atoms with Crippen LogP contribution in [-0.2, 0) is 0 Å². The molecule has 17 heavy (non-hydrogen) atoms. The van der Waals surface area contributed by atoms with Crippen LogP contribution < -0.4 is 0 Å². The van der Waals surface area contributed by atoms with Crippen molar-refractivity contribution in [3.8, 4) is 0 Å². The standard InChI is InChI=1S/C15H14OS/c1-11-3-6-14(7-4-11)17-15-8-5-13(10-16)9-12(15)2/h3-10H,1-2H3. The molecule has 0 aliphatic rings. The largest absolute Gasteiger partial charge is 0.298 e. The quantitative estimate of drug-likeness (QED) is 0.748. The van der Waals surface area contributed by atoms with Gasteiger partial charge in [0.05, 0.1) is 0 Å². The molecular formula is C15H14OS. The van der Waals surface area contributed by atoms with E-state index >= 15 is 0 Å². The Morgan fingerprint density at radius 3 is 2.29 bits per heavy atom. The van der Waals surface area contributed by atoms with Crippen molar-refractivity contribution in [2.75, 3.05) is 0 Å². The third-order valence-electron chi connectivity index (χ3n) is 2.58. The first-order chi connectivity index (χ1) is 8.19. The molecule has 86 valence electrons. The van der Waals surface area contributed by atoms with Crippen molar-refractivity contribution in [3.63, 3.8) is 0 Å². The van der Waals surface area contributed by atoms with E-state index in [2.05, 4.69) is 31.2 Å². The summed E-state index contributed by atoms with van der Waals surface area (Å²) in [5.74, 6) is 0. The van der Waals surface area contributed by atoms with E-state index in [-0.39, 0.29) is 0 Å². The van der Waals surface area contributed by atoms with Crippen LogP contribution in [0.15, 0.2) is 52.3 Å². The Kier molecular flexibility index (Phi) is 3.64. The van der Waals surface area contributed by atoms with Crippen LogP contribution in [0.25, 0.3) is 0 Å². The van der Waals surface area contributed by atoms with E-state index in [4.69, 9.17) is 0 Å². The highest BCUT2D eigenvalue weighted by molar-refractivity contribution is 7.99. The summed E-state index contributed by atoms with van der Waals surface area (Å²) in [6, 6.07) is 14.2. The van der Waals surface area contributed by atoms with Gasteiger partial charge in [0.25, 0.3) is 0 Å². The van der Waals surface area contributed by atoms with Crippen molar-refractivity contribution in [2.24, 2.45) is 0 Å². The SMILES string of the molecule is Cc1ccc(Sc2ccc(C=O)cc2C)cc1. The summed E-state index contributed by atoms with van der Waals surface area (Å²) in [7, 11) is 0. The van der Waals surface area contributed by atoms with Gasteiger partial charge >= 0.3 is 0 Å². The number of carbonyl (C=O) groups excluding carboxylic acids is 1. The Bertz CT molecular complexity index is 529. The predicted molar refractivity (Wildman–Crippen MR) is 71.9 cm³/mol. The number of hydrogen-bond donors (Lipinski definition) is 0. The second-order valence-electron chi connectivity index (χ2n) is 4.06. The molecule has 2 aromatic rings. The molecule has 0 unspecified atom stereocenters. The van der Waals surface area contributed by atoms with E-state index in [0.29, 0.717) is 0 Å². The first-order valence-electron chi connectivity index (χ1n) is 5.49. The lowest BCUT2D eigenvalue weighted by molar-refractivity contribution is 0.112. The van der Waals surface area contributed by atoms with Gasteiger partial charge in [0.1, 0.15) is 6.29 Å². The van der Waals surface area contributed by atoms with Crippen LogP contribution in [0.4, 0.5) is 0 Å². The zero-order valence-corrected chi connectivity index (χ0v) is 10.8. The Labute approximate surface area is 106 Å². The van der Waals surface area contributed by atoms with Crippen LogP contribution in [0.5, 0.6) is 0 Å². The minimum Gasteiger partial charge on any atom is -0.298 e. The predicted octanol–water partition coefficient (Wildman–Crippen LogP) is 4.27. The molecule has 2 rings (SSSR count). The number of aryl methyl sites for hydroxylation is 2. The minimum atomic E-state index is 0.732. The Hall–Kier alpha value is -1.54. The summed E-state index contributed by atoms with van der Waals surface area (Å²) in [5.41, 5.74) is 3.14. The first-order valence-corrected chi connectivity index (χ1v) is 6.31. The van der Waals surface area contributed by atoms with Crippen LogP contribution in [-0.4, -0.2) is 6.29 Å². The molecule has 0 amide bonds. The number of carbonyl (C=O) groups is 1. The van der Waals surface area contributed by atoms with Gasteiger partial charge in [-0.2, -0.15) is 0 Å². The van der Waals surface area contributed by atoms with Crippen LogP contribution in [0.3, 0.4) is 0 Å². The summed E-state index contributed by atoms with van der Waals surface area (Å²) >= 11 is 1.73. The molecule has 0 radical (unpaired) electrons. The molecule has 0 aliphatic carbocycles. The molecule has 2 heteroatoms. The molecule has 0 saturated heterocycles. The molecular weight excluding hydrogens is 228 g/mol. The second kappa shape index (κ2) is 5.19. The maximum Gasteiger partial charge on any atom is 0.150 e. The first kappa shape index (κ1) is 11.9. The summed E-state index contributed by atoms with van der Waals surface area (Å²) in [6.07, 6.45) is 0.882. The van der Waals surface area contributed by atoms with Crippen molar-refractivity contribution < 1.29 is 4.79 Å². The topological polar surface area (TPSA) is 17.1 Å². The van der Waals surface area contributed by atoms with E-state index in [1.54, 1.807) is 11.8 Å². The van der Waals surface area contributed by atoms with E-state index in [9.17, 15) is 4.79 Å². The molecule has 0 aliphatic heterocycles. The van der Waals surface area contributed by atoms with Crippen LogP contribution in [0, 0.1) is 13.8 Å². The molecule has 0 heterocycles. The maximum absolute atomic E-state index is 10.7. The number of benzene rings is 2. The monoisotopic (exact) mass is 242 g/mol. The highest BCUT2D eigenvalue weighted by Gasteiger charge is 2.02. The van der Waals surface area contributed by atoms with Crippen molar-refractivity contribution in [3.05, 3.63) is 59.2 Å². The number of rotatable bonds is 3. The summed E-state index contributed by atoms with van der Waals surface area (Å²) in [6.45, 7) is 4.11. The molecule has 2 aromatic carbocycles. The molecule has 0 saturated carbocycles. The van der Waals surface area contributed by atoms with Crippen molar-refractivity contribution in [1.82, 2.24) is 0 Å². The molecule has 0 atom stereocenters. The minimum absolute atomic E-state index is 0.732. The van der Waals surface area contributed by atoms with E-state index in [0.717, 1.165) is 17.4 Å². The molecule has 0 N–H and O–H groups in total. The van der Waals surface area contributed by atoms with Gasteiger partial charge in [-0.1, -0.05) is 35.5 Å². The van der Waals surface area contributed by atoms with Gasteiger partial charge in [-0.05, 0) is 43.7 Å². The highest BCUT2D eigenvalue weighted by atomic mass is 32.2. The Morgan fingerprint density at radius 1 is 1.00 bits per heavy atom. The molecule has 1 nitrogen and oxygen atoms in total. The smallest absolute Gasteiger partial charge is 0.150 e. The molecule has 0 fully saturated rings. The van der Waals surface area contributed by atoms with Crippen molar-refractivity contribution in [2.45, 2.75) is 23.6 Å². The van der Waals surface area contributed by atoms with Gasteiger partial charge in [0, 0.05) is 15.4 Å². The van der Waals surface area contributed by atoms with E-state index in [1.165, 1.54) is 15.4 Å². The van der Waals surface area contributed by atoms with Gasteiger partial charge in [-0.3, -0.25) is 4.79 Å². The third kappa shape index (κ3) is 2.98. The normalized spacial score (nSPS) is 10.2. The lowest BCUT2D eigenvalue weighted by Gasteiger charge is -2.06. The van der Waals surface area contributed by atoms with Crippen LogP contribution >= 0.6 is 11.8 Å². The second-order valence-corrected chi connectivity index (χ2v) is 5.17. The lowest BCUT2D eigenvalue weighted by Crippen LogP contribution is -1.85. The third-order valence-corrected chi connectivity index (χ3v) is 3.77. The molecule has 0 aromatic heterocycles. The fourth-order valence-electron chi connectivity index (χ4n) is 1.59. The molecule has 0 bridgehead atoms. The summed E-state index contributed by atoms with van der Waals surface area (Å²) in [4.78, 5) is 13.1. The summed E-state index contributed by atoms with van der Waals surface area (Å²) < 4.78 is 0. The average molecular weight is 242 g/mol. The number of aldehydes is 1. The van der Waals surface area contributed by atoms with Crippen molar-refractivity contribution >= 4 is 18.0 Å². The maximum atomic E-state index is 10.7. The average Bonchev–Trinajstić information content (AvgIpc) is 2.34. The zero-order chi connectivity index (χ0) is 12.3. The fourth-order valence-corrected chi connectivity index (χ4v) is 2.48. The van der Waals surface area contributed by atoms with Gasteiger partial charge < -0.3 is 0 Å². The lowest BCUT2D eigenvalue weighted by atomic mass is 10.2. The van der Waals surface area contributed by atoms with Gasteiger partial charge in [0.15, 0.2) is 0 Å². The Balaban J connectivity index is 2.24. The van der Waals surface area contributed by atoms with Gasteiger partial charge in [0.2, 0.25) is 0 Å². The van der Waals surface area contributed by atoms with Crippen LogP contribution in [0.2, 0.25) is 0 Å².